The molecule has 0 radical (unpaired) electrons. The molecule has 0 spiro atoms. The van der Waals surface area contributed by atoms with Gasteiger partial charge in [-0.25, -0.2) is 4.98 Å². The van der Waals surface area contributed by atoms with E-state index >= 15 is 0 Å². The average Bonchev–Trinajstić information content (AvgIpc) is 3.06. The van der Waals surface area contributed by atoms with Gasteiger partial charge in [0.2, 0.25) is 5.75 Å². The lowest BCUT2D eigenvalue weighted by Crippen LogP contribution is -2.01. The quantitative estimate of drug-likeness (QED) is 0.694. The molecule has 0 saturated heterocycles. The van der Waals surface area contributed by atoms with Crippen molar-refractivity contribution < 1.29 is 14.2 Å². The Morgan fingerprint density at radius 1 is 1.00 bits per heavy atom. The minimum absolute atomic E-state index is 0.440. The van der Waals surface area contributed by atoms with E-state index < -0.39 is 0 Å². The van der Waals surface area contributed by atoms with Crippen LogP contribution in [0.2, 0.25) is 0 Å². The van der Waals surface area contributed by atoms with Crippen molar-refractivity contribution in [3.05, 3.63) is 60.4 Å². The molecule has 5 heteroatoms. The number of aromatic nitrogens is 2. The van der Waals surface area contributed by atoms with Crippen LogP contribution in [0.15, 0.2) is 54.9 Å². The third-order valence-corrected chi connectivity index (χ3v) is 3.77. The molecule has 0 amide bonds. The van der Waals surface area contributed by atoms with Crippen molar-refractivity contribution in [2.75, 3.05) is 14.2 Å². The van der Waals surface area contributed by atoms with Gasteiger partial charge in [-0.1, -0.05) is 30.3 Å². The number of methoxy groups -OCH3 is 2. The first-order chi connectivity index (χ1) is 11.7. The van der Waals surface area contributed by atoms with E-state index in [0.717, 1.165) is 17.0 Å². The van der Waals surface area contributed by atoms with Gasteiger partial charge < -0.3 is 18.8 Å². The molecule has 0 bridgehead atoms. The summed E-state index contributed by atoms with van der Waals surface area (Å²) in [6, 6.07) is 13.8. The lowest BCUT2D eigenvalue weighted by molar-refractivity contribution is 0.266. The van der Waals surface area contributed by atoms with Crippen LogP contribution >= 0.6 is 0 Å². The molecule has 1 aromatic heterocycles. The van der Waals surface area contributed by atoms with E-state index in [4.69, 9.17) is 14.2 Å². The predicted molar refractivity (Wildman–Crippen MR) is 92.5 cm³/mol. The Balaban J connectivity index is 1.95. The van der Waals surface area contributed by atoms with Crippen LogP contribution in [0.4, 0.5) is 0 Å². The summed E-state index contributed by atoms with van der Waals surface area (Å²) < 4.78 is 18.9. The highest BCUT2D eigenvalue weighted by Crippen LogP contribution is 2.41. The van der Waals surface area contributed by atoms with Crippen LogP contribution in [0, 0.1) is 0 Å². The molecule has 0 aliphatic heterocycles. The molecule has 0 saturated carbocycles. The molecule has 0 aliphatic rings. The maximum absolute atomic E-state index is 5.96. The molecule has 3 aromatic rings. The van der Waals surface area contributed by atoms with Gasteiger partial charge in [0.15, 0.2) is 11.5 Å². The lowest BCUT2D eigenvalue weighted by atomic mass is 10.1. The standard InChI is InChI=1S/C19H20N2O3/c1-21-10-9-20-19(21)15-11-16(22-2)18(17(12-15)23-3)24-13-14-7-5-4-6-8-14/h4-12H,13H2,1-3H3. The van der Waals surface area contributed by atoms with Crippen LogP contribution in [0.3, 0.4) is 0 Å². The van der Waals surface area contributed by atoms with Gasteiger partial charge in [0.25, 0.3) is 0 Å². The van der Waals surface area contributed by atoms with E-state index in [1.165, 1.54) is 0 Å². The fourth-order valence-electron chi connectivity index (χ4n) is 2.52. The van der Waals surface area contributed by atoms with Crippen LogP contribution in [-0.4, -0.2) is 23.8 Å². The maximum Gasteiger partial charge on any atom is 0.203 e. The van der Waals surface area contributed by atoms with Crippen LogP contribution < -0.4 is 14.2 Å². The molecule has 0 aliphatic carbocycles. The number of hydrogen-bond donors (Lipinski definition) is 0. The Bertz CT molecular complexity index is 787. The highest BCUT2D eigenvalue weighted by Gasteiger charge is 2.17. The fourth-order valence-corrected chi connectivity index (χ4v) is 2.52. The van der Waals surface area contributed by atoms with Crippen molar-refractivity contribution in [3.63, 3.8) is 0 Å². The van der Waals surface area contributed by atoms with Crippen molar-refractivity contribution in [2.45, 2.75) is 6.61 Å². The number of imidazole rings is 1. The topological polar surface area (TPSA) is 45.5 Å². The molecule has 0 N–H and O–H groups in total. The maximum atomic E-state index is 5.96. The van der Waals surface area contributed by atoms with Crippen molar-refractivity contribution in [3.8, 4) is 28.6 Å². The number of nitrogens with zero attached hydrogens (tertiary/aromatic N) is 2. The summed E-state index contributed by atoms with van der Waals surface area (Å²) >= 11 is 0. The van der Waals surface area contributed by atoms with Gasteiger partial charge in [-0.15, -0.1) is 0 Å². The lowest BCUT2D eigenvalue weighted by Gasteiger charge is -2.16. The zero-order valence-corrected chi connectivity index (χ0v) is 14.0. The molecule has 24 heavy (non-hydrogen) atoms. The molecule has 0 unspecified atom stereocenters. The second kappa shape index (κ2) is 7.08. The average molecular weight is 324 g/mol. The first-order valence-electron chi connectivity index (χ1n) is 7.63. The molecule has 0 atom stereocenters. The Morgan fingerprint density at radius 3 is 2.21 bits per heavy atom. The summed E-state index contributed by atoms with van der Waals surface area (Å²) in [4.78, 5) is 4.37. The molecule has 0 fully saturated rings. The Labute approximate surface area is 141 Å². The summed E-state index contributed by atoms with van der Waals surface area (Å²) in [5, 5.41) is 0. The van der Waals surface area contributed by atoms with E-state index in [-0.39, 0.29) is 0 Å². The predicted octanol–water partition coefficient (Wildman–Crippen LogP) is 3.68. The zero-order chi connectivity index (χ0) is 16.9. The van der Waals surface area contributed by atoms with E-state index in [1.807, 2.05) is 60.3 Å². The largest absolute Gasteiger partial charge is 0.493 e. The van der Waals surface area contributed by atoms with Gasteiger partial charge in [0, 0.05) is 25.0 Å². The second-order valence-corrected chi connectivity index (χ2v) is 5.35. The van der Waals surface area contributed by atoms with E-state index in [0.29, 0.717) is 23.9 Å². The normalized spacial score (nSPS) is 10.5. The van der Waals surface area contributed by atoms with Gasteiger partial charge >= 0.3 is 0 Å². The molecule has 1 heterocycles. The van der Waals surface area contributed by atoms with Crippen LogP contribution in [0.5, 0.6) is 17.2 Å². The minimum Gasteiger partial charge on any atom is -0.493 e. The van der Waals surface area contributed by atoms with Crippen molar-refractivity contribution in [2.24, 2.45) is 7.05 Å². The molecule has 5 nitrogen and oxygen atoms in total. The Kier molecular flexibility index (Phi) is 4.70. The summed E-state index contributed by atoms with van der Waals surface area (Å²) in [7, 11) is 5.18. The molecule has 124 valence electrons. The van der Waals surface area contributed by atoms with Crippen LogP contribution in [0.25, 0.3) is 11.4 Å². The highest BCUT2D eigenvalue weighted by atomic mass is 16.5. The number of ether oxygens (including phenoxy) is 3. The van der Waals surface area contributed by atoms with E-state index in [9.17, 15) is 0 Å². The number of aryl methyl sites for hydroxylation is 1. The van der Waals surface area contributed by atoms with Gasteiger partial charge in [0.05, 0.1) is 14.2 Å². The fraction of sp³-hybridized carbons (Fsp3) is 0.211. The summed E-state index contributed by atoms with van der Waals surface area (Å²) in [5.74, 6) is 2.65. The first kappa shape index (κ1) is 15.9. The molecular weight excluding hydrogens is 304 g/mol. The first-order valence-corrected chi connectivity index (χ1v) is 7.63. The van der Waals surface area contributed by atoms with Crippen molar-refractivity contribution in [1.82, 2.24) is 9.55 Å². The summed E-state index contributed by atoms with van der Waals surface area (Å²) in [6.07, 6.45) is 3.65. The van der Waals surface area contributed by atoms with Crippen molar-refractivity contribution >= 4 is 0 Å². The van der Waals surface area contributed by atoms with Crippen molar-refractivity contribution in [1.29, 1.82) is 0 Å². The van der Waals surface area contributed by atoms with Gasteiger partial charge in [-0.2, -0.15) is 0 Å². The van der Waals surface area contributed by atoms with Crippen LogP contribution in [0.1, 0.15) is 5.56 Å². The third kappa shape index (κ3) is 3.20. The monoisotopic (exact) mass is 324 g/mol. The summed E-state index contributed by atoms with van der Waals surface area (Å²) in [5.41, 5.74) is 1.98. The minimum atomic E-state index is 0.440. The number of hydrogen-bond acceptors (Lipinski definition) is 4. The Hall–Kier alpha value is -2.95. The molecule has 2 aromatic carbocycles. The third-order valence-electron chi connectivity index (χ3n) is 3.77. The van der Waals surface area contributed by atoms with E-state index in [2.05, 4.69) is 4.98 Å². The Morgan fingerprint density at radius 2 is 1.67 bits per heavy atom. The van der Waals surface area contributed by atoms with Gasteiger partial charge in [-0.05, 0) is 17.7 Å². The van der Waals surface area contributed by atoms with E-state index in [1.54, 1.807) is 20.4 Å². The molecular formula is C19H20N2O3. The summed E-state index contributed by atoms with van der Waals surface area (Å²) in [6.45, 7) is 0.440. The number of rotatable bonds is 6. The van der Waals surface area contributed by atoms with Gasteiger partial charge in [0.1, 0.15) is 12.4 Å². The van der Waals surface area contributed by atoms with Crippen LogP contribution in [-0.2, 0) is 13.7 Å². The SMILES string of the molecule is COc1cc(-c2nccn2C)cc(OC)c1OCc1ccccc1. The second-order valence-electron chi connectivity index (χ2n) is 5.35. The smallest absolute Gasteiger partial charge is 0.203 e. The van der Waals surface area contributed by atoms with Gasteiger partial charge in [-0.3, -0.25) is 0 Å². The zero-order valence-electron chi connectivity index (χ0n) is 14.0. The molecule has 3 rings (SSSR count). The number of benzene rings is 2. The highest BCUT2D eigenvalue weighted by molar-refractivity contribution is 5.67.